The predicted octanol–water partition coefficient (Wildman–Crippen LogP) is 2.26. The summed E-state index contributed by atoms with van der Waals surface area (Å²) in [7, 11) is 0. The van der Waals surface area contributed by atoms with E-state index in [-0.39, 0.29) is 25.5 Å². The second kappa shape index (κ2) is 6.86. The lowest BCUT2D eigenvalue weighted by Crippen LogP contribution is -2.47. The zero-order valence-corrected chi connectivity index (χ0v) is 14.5. The number of imide groups is 1. The Morgan fingerprint density at radius 2 is 1.96 bits per heavy atom. The third-order valence-electron chi connectivity index (χ3n) is 5.08. The van der Waals surface area contributed by atoms with Crippen molar-refractivity contribution in [2.75, 3.05) is 26.2 Å². The van der Waals surface area contributed by atoms with Crippen molar-refractivity contribution in [1.29, 1.82) is 0 Å². The first-order valence-corrected chi connectivity index (χ1v) is 8.53. The maximum Gasteiger partial charge on any atom is 0.390 e. The van der Waals surface area contributed by atoms with E-state index in [9.17, 15) is 22.8 Å². The van der Waals surface area contributed by atoms with E-state index >= 15 is 0 Å². The van der Waals surface area contributed by atoms with Crippen molar-refractivity contribution in [2.24, 2.45) is 0 Å². The van der Waals surface area contributed by atoms with Crippen molar-refractivity contribution in [3.63, 3.8) is 0 Å². The Bertz CT molecular complexity index is 682. The number of rotatable bonds is 4. The number of alkyl halides is 3. The van der Waals surface area contributed by atoms with Gasteiger partial charge in [-0.05, 0) is 25.5 Å². The van der Waals surface area contributed by atoms with Crippen molar-refractivity contribution in [1.82, 2.24) is 19.7 Å². The minimum absolute atomic E-state index is 0.0996. The first kappa shape index (κ1) is 18.6. The summed E-state index contributed by atoms with van der Waals surface area (Å²) in [5.74, 6) is -0.314. The highest BCUT2D eigenvalue weighted by Gasteiger charge is 2.54. The molecule has 3 amide bonds. The zero-order valence-electron chi connectivity index (χ0n) is 14.5. The molecule has 0 spiro atoms. The van der Waals surface area contributed by atoms with E-state index in [4.69, 9.17) is 0 Å². The number of urea groups is 1. The Labute approximate surface area is 149 Å². The van der Waals surface area contributed by atoms with Gasteiger partial charge >= 0.3 is 12.2 Å². The van der Waals surface area contributed by atoms with Gasteiger partial charge in [0.1, 0.15) is 5.54 Å². The van der Waals surface area contributed by atoms with E-state index in [1.54, 1.807) is 36.2 Å². The molecule has 3 heterocycles. The number of hydrogen-bond donors (Lipinski definition) is 0. The van der Waals surface area contributed by atoms with Gasteiger partial charge in [0.15, 0.2) is 0 Å². The molecule has 6 nitrogen and oxygen atoms in total. The molecule has 1 atom stereocenters. The zero-order chi connectivity index (χ0) is 18.9. The van der Waals surface area contributed by atoms with Crippen LogP contribution in [-0.2, 0) is 11.3 Å². The second-order valence-corrected chi connectivity index (χ2v) is 6.88. The first-order chi connectivity index (χ1) is 12.2. The van der Waals surface area contributed by atoms with Gasteiger partial charge in [-0.15, -0.1) is 0 Å². The van der Waals surface area contributed by atoms with Gasteiger partial charge in [-0.2, -0.15) is 13.2 Å². The molecule has 0 saturated carbocycles. The van der Waals surface area contributed by atoms with E-state index in [1.165, 1.54) is 9.80 Å². The lowest BCUT2D eigenvalue weighted by molar-refractivity contribution is -0.138. The number of pyridine rings is 1. The number of amides is 3. The highest BCUT2D eigenvalue weighted by atomic mass is 19.4. The molecule has 1 aromatic heterocycles. The number of carbonyl (C=O) groups is 2. The number of fused-ring (bicyclic) bond motifs is 1. The lowest BCUT2D eigenvalue weighted by atomic mass is 9.96. The Morgan fingerprint density at radius 1 is 1.19 bits per heavy atom. The third kappa shape index (κ3) is 3.67. The van der Waals surface area contributed by atoms with Crippen LogP contribution in [0.4, 0.5) is 18.0 Å². The summed E-state index contributed by atoms with van der Waals surface area (Å²) in [6.45, 7) is 2.58. The van der Waals surface area contributed by atoms with Crippen molar-refractivity contribution in [2.45, 2.75) is 38.0 Å². The SMILES string of the molecule is CC12CCN(CCC(F)(F)F)CCN1C(=O)N(Cc1ccccn1)C2=O. The summed E-state index contributed by atoms with van der Waals surface area (Å²) in [5, 5.41) is 0. The molecule has 0 bridgehead atoms. The van der Waals surface area contributed by atoms with Crippen molar-refractivity contribution in [3.8, 4) is 0 Å². The quantitative estimate of drug-likeness (QED) is 0.763. The van der Waals surface area contributed by atoms with Crippen LogP contribution < -0.4 is 0 Å². The fourth-order valence-corrected chi connectivity index (χ4v) is 3.46. The maximum absolute atomic E-state index is 12.9. The smallest absolute Gasteiger partial charge is 0.308 e. The van der Waals surface area contributed by atoms with Crippen LogP contribution in [0.25, 0.3) is 0 Å². The molecule has 0 aliphatic carbocycles. The monoisotopic (exact) mass is 370 g/mol. The van der Waals surface area contributed by atoms with Gasteiger partial charge in [0.05, 0.1) is 18.7 Å². The molecule has 1 aromatic rings. The van der Waals surface area contributed by atoms with E-state index in [0.29, 0.717) is 25.2 Å². The molecule has 0 aromatic carbocycles. The molecule has 0 radical (unpaired) electrons. The van der Waals surface area contributed by atoms with E-state index in [1.807, 2.05) is 0 Å². The van der Waals surface area contributed by atoms with Crippen LogP contribution in [0.5, 0.6) is 0 Å². The topological polar surface area (TPSA) is 56.8 Å². The molecule has 9 heteroatoms. The van der Waals surface area contributed by atoms with E-state index in [2.05, 4.69) is 4.98 Å². The van der Waals surface area contributed by atoms with Crippen LogP contribution in [0.15, 0.2) is 24.4 Å². The van der Waals surface area contributed by atoms with Crippen LogP contribution in [0.1, 0.15) is 25.5 Å². The molecule has 2 aliphatic heterocycles. The van der Waals surface area contributed by atoms with Gasteiger partial charge in [0, 0.05) is 32.4 Å². The van der Waals surface area contributed by atoms with Crippen LogP contribution in [-0.4, -0.2) is 69.5 Å². The van der Waals surface area contributed by atoms with Gasteiger partial charge in [-0.1, -0.05) is 6.07 Å². The van der Waals surface area contributed by atoms with Crippen molar-refractivity contribution in [3.05, 3.63) is 30.1 Å². The first-order valence-electron chi connectivity index (χ1n) is 8.53. The molecule has 3 rings (SSSR count). The highest BCUT2D eigenvalue weighted by molar-refractivity contribution is 6.06. The summed E-state index contributed by atoms with van der Waals surface area (Å²) in [4.78, 5) is 34.1. The molecule has 2 saturated heterocycles. The standard InChI is InChI=1S/C17H21F3N4O2/c1-16-5-8-22(9-6-17(18,19)20)10-11-24(16)15(26)23(14(16)25)12-13-4-2-3-7-21-13/h2-4,7H,5-6,8-12H2,1H3. The Hall–Kier alpha value is -2.16. The normalized spacial score (nSPS) is 24.8. The number of halogens is 3. The molecule has 1 unspecified atom stereocenters. The van der Waals surface area contributed by atoms with Crippen molar-refractivity contribution >= 4 is 11.9 Å². The Morgan fingerprint density at radius 3 is 2.62 bits per heavy atom. The minimum atomic E-state index is -4.21. The summed E-state index contributed by atoms with van der Waals surface area (Å²) in [5.41, 5.74) is -0.402. The van der Waals surface area contributed by atoms with Gasteiger partial charge in [-0.3, -0.25) is 14.7 Å². The Kier molecular flexibility index (Phi) is 4.92. The average molecular weight is 370 g/mol. The molecule has 26 heavy (non-hydrogen) atoms. The van der Waals surface area contributed by atoms with Crippen LogP contribution in [0.3, 0.4) is 0 Å². The van der Waals surface area contributed by atoms with Crippen molar-refractivity contribution < 1.29 is 22.8 Å². The fraction of sp³-hybridized carbons (Fsp3) is 0.588. The maximum atomic E-state index is 12.9. The third-order valence-corrected chi connectivity index (χ3v) is 5.08. The average Bonchev–Trinajstić information content (AvgIpc) is 2.71. The van der Waals surface area contributed by atoms with Gasteiger partial charge in [0.2, 0.25) is 0 Å². The summed E-state index contributed by atoms with van der Waals surface area (Å²) >= 11 is 0. The summed E-state index contributed by atoms with van der Waals surface area (Å²) < 4.78 is 37.3. The summed E-state index contributed by atoms with van der Waals surface area (Å²) in [6.07, 6.45) is -3.19. The van der Waals surface area contributed by atoms with E-state index in [0.717, 1.165) is 0 Å². The number of aromatic nitrogens is 1. The predicted molar refractivity (Wildman–Crippen MR) is 87.0 cm³/mol. The largest absolute Gasteiger partial charge is 0.390 e. The van der Waals surface area contributed by atoms with Crippen LogP contribution >= 0.6 is 0 Å². The second-order valence-electron chi connectivity index (χ2n) is 6.88. The lowest BCUT2D eigenvalue weighted by Gasteiger charge is -2.28. The molecular weight excluding hydrogens is 349 g/mol. The Balaban J connectivity index is 1.70. The van der Waals surface area contributed by atoms with Gasteiger partial charge < -0.3 is 9.80 Å². The molecule has 2 aliphatic rings. The van der Waals surface area contributed by atoms with Crippen LogP contribution in [0, 0.1) is 0 Å². The highest BCUT2D eigenvalue weighted by Crippen LogP contribution is 2.34. The van der Waals surface area contributed by atoms with Crippen LogP contribution in [0.2, 0.25) is 0 Å². The molecule has 2 fully saturated rings. The van der Waals surface area contributed by atoms with E-state index < -0.39 is 24.2 Å². The van der Waals surface area contributed by atoms with Gasteiger partial charge in [0.25, 0.3) is 5.91 Å². The molecular formula is C17H21F3N4O2. The number of nitrogens with zero attached hydrogens (tertiary/aromatic N) is 4. The molecule has 0 N–H and O–H groups in total. The summed E-state index contributed by atoms with van der Waals surface area (Å²) in [6, 6.07) is 4.87. The fourth-order valence-electron chi connectivity index (χ4n) is 3.46. The number of hydrogen-bond acceptors (Lipinski definition) is 4. The number of carbonyl (C=O) groups excluding carboxylic acids is 2. The molecule has 142 valence electrons. The van der Waals surface area contributed by atoms with Gasteiger partial charge in [-0.25, -0.2) is 4.79 Å². The minimum Gasteiger partial charge on any atom is -0.308 e.